The molecule has 1 aliphatic rings. The number of halogens is 1. The summed E-state index contributed by atoms with van der Waals surface area (Å²) >= 11 is 1.32. The molecule has 0 spiro atoms. The number of hydrogen-bond donors (Lipinski definition) is 1. The summed E-state index contributed by atoms with van der Waals surface area (Å²) in [6.07, 6.45) is 0.873. The van der Waals surface area contributed by atoms with Gasteiger partial charge in [-0.15, -0.1) is 0 Å². The fourth-order valence-corrected chi connectivity index (χ4v) is 5.93. The van der Waals surface area contributed by atoms with Crippen LogP contribution >= 0.6 is 11.3 Å². The summed E-state index contributed by atoms with van der Waals surface area (Å²) in [6.45, 7) is 8.70. The lowest BCUT2D eigenvalue weighted by Gasteiger charge is -2.23. The fraction of sp³-hybridized carbons (Fsp3) is 0.258. The standard InChI is InChI=1S/C31H29FN2O4S/c1-17(2)12-13-38-23-7-5-6-21(16-23)27-25(28(35)20-8-10-22(32)11-9-20)29(36)30(37)34(27)31-33-26-19(4)14-18(3)15-24(26)39-31/h5-11,14-17,27,35H,12-13H2,1-4H3. The van der Waals surface area contributed by atoms with Gasteiger partial charge in [-0.3, -0.25) is 14.5 Å². The van der Waals surface area contributed by atoms with Crippen LogP contribution in [0.25, 0.3) is 16.0 Å². The van der Waals surface area contributed by atoms with Crippen LogP contribution in [0.3, 0.4) is 0 Å². The molecule has 1 N–H and O–H groups in total. The third-order valence-corrected chi connectivity index (χ3v) is 7.73. The van der Waals surface area contributed by atoms with Crippen LogP contribution in [0, 0.1) is 25.6 Å². The Kier molecular flexibility index (Phi) is 7.23. The van der Waals surface area contributed by atoms with E-state index in [0.717, 1.165) is 27.8 Å². The van der Waals surface area contributed by atoms with Gasteiger partial charge in [-0.2, -0.15) is 0 Å². The van der Waals surface area contributed by atoms with E-state index < -0.39 is 23.5 Å². The molecule has 2 heterocycles. The Morgan fingerprint density at radius 2 is 1.85 bits per heavy atom. The molecule has 1 atom stereocenters. The SMILES string of the molecule is Cc1cc(C)c2nc(N3C(=O)C(=O)C(=C(O)c4ccc(F)cc4)C3c3cccc(OCCC(C)C)c3)sc2c1. The van der Waals surface area contributed by atoms with Crippen LogP contribution in [-0.4, -0.2) is 28.4 Å². The first-order chi connectivity index (χ1) is 18.6. The molecule has 200 valence electrons. The summed E-state index contributed by atoms with van der Waals surface area (Å²) in [6, 6.07) is 15.4. The van der Waals surface area contributed by atoms with E-state index in [1.54, 1.807) is 18.2 Å². The van der Waals surface area contributed by atoms with E-state index in [4.69, 9.17) is 9.72 Å². The Hall–Kier alpha value is -4.04. The zero-order valence-corrected chi connectivity index (χ0v) is 23.0. The van der Waals surface area contributed by atoms with Gasteiger partial charge in [-0.25, -0.2) is 9.37 Å². The Balaban J connectivity index is 1.67. The number of ketones is 1. The maximum atomic E-state index is 13.6. The fourth-order valence-electron chi connectivity index (χ4n) is 4.76. The van der Waals surface area contributed by atoms with Gasteiger partial charge in [0, 0.05) is 5.56 Å². The lowest BCUT2D eigenvalue weighted by Crippen LogP contribution is -2.29. The van der Waals surface area contributed by atoms with Crippen molar-refractivity contribution >= 4 is 44.1 Å². The van der Waals surface area contributed by atoms with Crippen molar-refractivity contribution < 1.29 is 23.8 Å². The van der Waals surface area contributed by atoms with Gasteiger partial charge in [-0.05, 0) is 85.3 Å². The predicted octanol–water partition coefficient (Wildman–Crippen LogP) is 7.10. The molecule has 0 saturated carbocycles. The smallest absolute Gasteiger partial charge is 0.301 e. The van der Waals surface area contributed by atoms with Crippen molar-refractivity contribution in [2.75, 3.05) is 11.5 Å². The molecule has 1 aromatic heterocycles. The van der Waals surface area contributed by atoms with Gasteiger partial charge in [0.2, 0.25) is 0 Å². The van der Waals surface area contributed by atoms with E-state index in [2.05, 4.69) is 13.8 Å². The van der Waals surface area contributed by atoms with E-state index in [9.17, 15) is 19.1 Å². The van der Waals surface area contributed by atoms with E-state index >= 15 is 0 Å². The summed E-state index contributed by atoms with van der Waals surface area (Å²) < 4.78 is 20.5. The van der Waals surface area contributed by atoms with Crippen molar-refractivity contribution in [1.82, 2.24) is 4.98 Å². The summed E-state index contributed by atoms with van der Waals surface area (Å²) in [5, 5.41) is 11.7. The second-order valence-electron chi connectivity index (χ2n) is 10.2. The number of ether oxygens (including phenoxy) is 1. The maximum Gasteiger partial charge on any atom is 0.301 e. The number of aliphatic hydroxyl groups is 1. The van der Waals surface area contributed by atoms with E-state index in [0.29, 0.717) is 29.0 Å². The molecular formula is C31H29FN2O4S. The Labute approximate surface area is 230 Å². The van der Waals surface area contributed by atoms with Crippen molar-refractivity contribution in [2.24, 2.45) is 5.92 Å². The normalized spacial score (nSPS) is 17.0. The van der Waals surface area contributed by atoms with Crippen molar-refractivity contribution in [3.05, 3.63) is 94.3 Å². The molecule has 1 saturated heterocycles. The number of fused-ring (bicyclic) bond motifs is 1. The predicted molar refractivity (Wildman–Crippen MR) is 152 cm³/mol. The minimum absolute atomic E-state index is 0.0851. The minimum atomic E-state index is -0.953. The molecule has 0 aliphatic carbocycles. The molecule has 4 aromatic rings. The number of amides is 1. The van der Waals surface area contributed by atoms with Crippen LogP contribution < -0.4 is 9.64 Å². The van der Waals surface area contributed by atoms with Crippen LogP contribution in [0.1, 0.15) is 48.6 Å². The third kappa shape index (κ3) is 5.16. The number of thiazole rings is 1. The van der Waals surface area contributed by atoms with Crippen molar-refractivity contribution in [3.8, 4) is 5.75 Å². The van der Waals surface area contributed by atoms with Gasteiger partial charge >= 0.3 is 5.91 Å². The zero-order chi connectivity index (χ0) is 27.8. The van der Waals surface area contributed by atoms with Crippen LogP contribution in [-0.2, 0) is 9.59 Å². The molecule has 3 aromatic carbocycles. The number of carbonyl (C=O) groups excluding carboxylic acids is 2. The number of rotatable bonds is 7. The van der Waals surface area contributed by atoms with E-state index in [-0.39, 0.29) is 16.9 Å². The number of carbonyl (C=O) groups is 2. The number of Topliss-reactive ketones (excluding diaryl/α,β-unsaturated/α-hetero) is 1. The average molecular weight is 545 g/mol. The quantitative estimate of drug-likeness (QED) is 0.152. The van der Waals surface area contributed by atoms with Gasteiger partial charge in [0.25, 0.3) is 5.78 Å². The Bertz CT molecular complexity index is 1610. The van der Waals surface area contributed by atoms with Crippen LogP contribution in [0.4, 0.5) is 9.52 Å². The Morgan fingerprint density at radius 3 is 2.56 bits per heavy atom. The van der Waals surface area contributed by atoms with Crippen LogP contribution in [0.2, 0.25) is 0 Å². The molecule has 39 heavy (non-hydrogen) atoms. The highest BCUT2D eigenvalue weighted by atomic mass is 32.1. The second kappa shape index (κ2) is 10.6. The molecule has 5 rings (SSSR count). The number of benzene rings is 3. The minimum Gasteiger partial charge on any atom is -0.507 e. The highest BCUT2D eigenvalue weighted by Crippen LogP contribution is 2.45. The van der Waals surface area contributed by atoms with Gasteiger partial charge in [0.15, 0.2) is 5.13 Å². The topological polar surface area (TPSA) is 79.7 Å². The summed E-state index contributed by atoms with van der Waals surface area (Å²) in [5.74, 6) is -1.41. The molecule has 6 nitrogen and oxygen atoms in total. The first-order valence-electron chi connectivity index (χ1n) is 12.8. The highest BCUT2D eigenvalue weighted by molar-refractivity contribution is 7.22. The number of anilines is 1. The molecular weight excluding hydrogens is 515 g/mol. The molecule has 1 amide bonds. The average Bonchev–Trinajstić information content (AvgIpc) is 3.42. The highest BCUT2D eigenvalue weighted by Gasteiger charge is 2.48. The van der Waals surface area contributed by atoms with Crippen LogP contribution in [0.15, 0.2) is 66.2 Å². The van der Waals surface area contributed by atoms with Crippen molar-refractivity contribution in [3.63, 3.8) is 0 Å². The number of hydrogen-bond acceptors (Lipinski definition) is 6. The summed E-state index contributed by atoms with van der Waals surface area (Å²) in [4.78, 5) is 33.1. The third-order valence-electron chi connectivity index (χ3n) is 6.72. The lowest BCUT2D eigenvalue weighted by molar-refractivity contribution is -0.132. The first kappa shape index (κ1) is 26.6. The second-order valence-corrected chi connectivity index (χ2v) is 11.2. The molecule has 8 heteroatoms. The van der Waals surface area contributed by atoms with Crippen molar-refractivity contribution in [1.29, 1.82) is 0 Å². The summed E-state index contributed by atoms with van der Waals surface area (Å²) in [7, 11) is 0. The number of nitrogens with zero attached hydrogens (tertiary/aromatic N) is 2. The molecule has 1 fully saturated rings. The monoisotopic (exact) mass is 544 g/mol. The molecule has 1 unspecified atom stereocenters. The zero-order valence-electron chi connectivity index (χ0n) is 22.2. The summed E-state index contributed by atoms with van der Waals surface area (Å²) in [5.41, 5.74) is 3.53. The number of aliphatic hydroxyl groups excluding tert-OH is 1. The molecule has 0 radical (unpaired) electrons. The maximum absolute atomic E-state index is 13.6. The molecule has 0 bridgehead atoms. The molecule has 1 aliphatic heterocycles. The van der Waals surface area contributed by atoms with Gasteiger partial charge in [0.1, 0.15) is 17.3 Å². The van der Waals surface area contributed by atoms with Gasteiger partial charge in [0.05, 0.1) is 28.4 Å². The van der Waals surface area contributed by atoms with E-state index in [1.807, 2.05) is 32.0 Å². The largest absolute Gasteiger partial charge is 0.507 e. The van der Waals surface area contributed by atoms with E-state index in [1.165, 1.54) is 40.5 Å². The van der Waals surface area contributed by atoms with Crippen LogP contribution in [0.5, 0.6) is 5.75 Å². The first-order valence-corrected chi connectivity index (χ1v) is 13.6. The number of aryl methyl sites for hydroxylation is 2. The lowest BCUT2D eigenvalue weighted by atomic mass is 9.95. The van der Waals surface area contributed by atoms with Gasteiger partial charge in [-0.1, -0.05) is 43.4 Å². The van der Waals surface area contributed by atoms with Gasteiger partial charge < -0.3 is 9.84 Å². The number of aromatic nitrogens is 1. The Morgan fingerprint density at radius 1 is 1.10 bits per heavy atom. The van der Waals surface area contributed by atoms with Crippen molar-refractivity contribution in [2.45, 2.75) is 40.2 Å².